The van der Waals surface area contributed by atoms with E-state index in [1.807, 2.05) is 18.2 Å². The third-order valence-electron chi connectivity index (χ3n) is 7.31. The second kappa shape index (κ2) is 23.6. The van der Waals surface area contributed by atoms with E-state index in [0.717, 1.165) is 33.8 Å². The number of alkyl halides is 6. The number of carboxylic acid groups (broad SMARTS) is 2. The molecular weight excluding hydrogens is 870 g/mol. The van der Waals surface area contributed by atoms with Gasteiger partial charge in [0.05, 0.1) is 0 Å². The van der Waals surface area contributed by atoms with Crippen LogP contribution in [-0.4, -0.2) is 100 Å². The van der Waals surface area contributed by atoms with Crippen molar-refractivity contribution in [3.05, 3.63) is 32.7 Å². The van der Waals surface area contributed by atoms with Crippen molar-refractivity contribution in [2.24, 2.45) is 38.3 Å². The number of imide groups is 2. The molecule has 2 rings (SSSR count). The molecule has 54 heavy (non-hydrogen) atoms. The fraction of sp³-hybridized carbons (Fsp3) is 0.581. The number of urea groups is 1. The van der Waals surface area contributed by atoms with Crippen LogP contribution in [-0.2, 0) is 25.6 Å². The quantitative estimate of drug-likeness (QED) is 0.0404. The number of guanidine groups is 2. The highest BCUT2D eigenvalue weighted by atomic mass is 79.9. The van der Waals surface area contributed by atoms with Crippen LogP contribution in [0.1, 0.15) is 70.3 Å². The van der Waals surface area contributed by atoms with E-state index < -0.39 is 47.6 Å². The van der Waals surface area contributed by atoms with Gasteiger partial charge in [-0.25, -0.2) is 14.4 Å². The number of carbonyl (C=O) groups excluding carboxylic acids is 3. The Bertz CT molecular complexity index is 1400. The standard InChI is InChI=1S/C27H42Br2N8O3.2C2HF3O2/c1-2-3-4-5-10-27(18-19-15-20(28)17-21(29)16-19)22(38)36(13-8-6-11-34-24(30)31)26(40)37(23(27)39)14-9-7-12-35-25(32)33;2*3-2(4,5)1(6)7/h15-17H,2-14,18H2,1H3,(H4,30,31,34)(H4,32,33,35);2*(H,6,7). The third kappa shape index (κ3) is 18.3. The lowest BCUT2D eigenvalue weighted by atomic mass is 9.73. The Labute approximate surface area is 323 Å². The maximum absolute atomic E-state index is 14.2. The number of aliphatic imine (C=N–C) groups is 2. The van der Waals surface area contributed by atoms with Gasteiger partial charge in [0.25, 0.3) is 0 Å². The molecule has 1 fully saturated rings. The maximum atomic E-state index is 14.2. The molecule has 0 aliphatic carbocycles. The molecule has 23 heteroatoms. The van der Waals surface area contributed by atoms with Crippen LogP contribution in [0.2, 0.25) is 0 Å². The molecule has 0 saturated carbocycles. The number of hydrogen-bond donors (Lipinski definition) is 6. The van der Waals surface area contributed by atoms with E-state index in [9.17, 15) is 40.7 Å². The molecule has 0 bridgehead atoms. The van der Waals surface area contributed by atoms with Gasteiger partial charge in [-0.15, -0.1) is 0 Å². The Hall–Kier alpha value is -4.15. The van der Waals surface area contributed by atoms with Crippen molar-refractivity contribution >= 4 is 73.6 Å². The summed E-state index contributed by atoms with van der Waals surface area (Å²) in [5.74, 6) is -6.40. The zero-order chi connectivity index (χ0) is 41.9. The van der Waals surface area contributed by atoms with Crippen molar-refractivity contribution in [1.82, 2.24) is 9.80 Å². The topological polar surface area (TPSA) is 261 Å². The van der Waals surface area contributed by atoms with E-state index in [4.69, 9.17) is 42.7 Å². The molecule has 1 aromatic carbocycles. The van der Waals surface area contributed by atoms with Crippen LogP contribution >= 0.6 is 31.9 Å². The molecule has 10 N–H and O–H groups in total. The van der Waals surface area contributed by atoms with Gasteiger partial charge in [0.2, 0.25) is 11.8 Å². The lowest BCUT2D eigenvalue weighted by molar-refractivity contribution is -0.193. The van der Waals surface area contributed by atoms with Gasteiger partial charge in [0.1, 0.15) is 5.41 Å². The number of nitrogens with two attached hydrogens (primary N) is 4. The van der Waals surface area contributed by atoms with Crippen LogP contribution in [0, 0.1) is 5.41 Å². The minimum Gasteiger partial charge on any atom is -0.475 e. The molecule has 306 valence electrons. The van der Waals surface area contributed by atoms with Crippen molar-refractivity contribution in [3.8, 4) is 0 Å². The summed E-state index contributed by atoms with van der Waals surface area (Å²) < 4.78 is 65.1. The zero-order valence-corrected chi connectivity index (χ0v) is 32.4. The summed E-state index contributed by atoms with van der Waals surface area (Å²) in [4.78, 5) is 70.2. The Balaban J connectivity index is 0.00000169. The number of carbonyl (C=O) groups is 5. The number of carboxylic acids is 2. The first-order valence-corrected chi connectivity index (χ1v) is 17.8. The minimum atomic E-state index is -5.08. The Morgan fingerprint density at radius 1 is 0.704 bits per heavy atom. The van der Waals surface area contributed by atoms with Gasteiger partial charge in [-0.1, -0.05) is 64.5 Å². The van der Waals surface area contributed by atoms with Gasteiger partial charge in [0, 0.05) is 35.1 Å². The van der Waals surface area contributed by atoms with E-state index in [2.05, 4.69) is 48.8 Å². The fourth-order valence-electron chi connectivity index (χ4n) is 4.87. The largest absolute Gasteiger partial charge is 0.490 e. The smallest absolute Gasteiger partial charge is 0.475 e. The first kappa shape index (κ1) is 49.9. The molecule has 0 atom stereocenters. The lowest BCUT2D eigenvalue weighted by Crippen LogP contribution is -2.66. The molecule has 0 aromatic heterocycles. The molecular formula is C31H44Br2F6N8O7. The Morgan fingerprint density at radius 2 is 1.09 bits per heavy atom. The summed E-state index contributed by atoms with van der Waals surface area (Å²) >= 11 is 7.04. The predicted octanol–water partition coefficient (Wildman–Crippen LogP) is 4.88. The van der Waals surface area contributed by atoms with Crippen molar-refractivity contribution in [2.45, 2.75) is 83.5 Å². The second-order valence-electron chi connectivity index (χ2n) is 11.7. The molecule has 0 spiro atoms. The van der Waals surface area contributed by atoms with Gasteiger partial charge in [-0.2, -0.15) is 26.3 Å². The molecule has 4 amide bonds. The summed E-state index contributed by atoms with van der Waals surface area (Å²) in [5.41, 5.74) is 21.1. The first-order valence-electron chi connectivity index (χ1n) is 16.2. The van der Waals surface area contributed by atoms with Crippen LogP contribution in [0.25, 0.3) is 0 Å². The molecule has 1 aliphatic rings. The average Bonchev–Trinajstić information content (AvgIpc) is 3.03. The van der Waals surface area contributed by atoms with E-state index in [1.165, 1.54) is 9.80 Å². The SMILES string of the molecule is CCCCCCC1(Cc2cc(Br)cc(Br)c2)C(=O)N(CCCCN=C(N)N)C(=O)N(CCCCN=C(N)N)C1=O.O=C(O)C(F)(F)F.O=C(O)C(F)(F)F. The molecule has 1 aromatic rings. The van der Waals surface area contributed by atoms with Crippen molar-refractivity contribution in [3.63, 3.8) is 0 Å². The molecule has 0 unspecified atom stereocenters. The molecule has 1 saturated heterocycles. The molecule has 1 aliphatic heterocycles. The summed E-state index contributed by atoms with van der Waals surface area (Å²) in [6.45, 7) is 3.24. The third-order valence-corrected chi connectivity index (χ3v) is 8.23. The summed E-state index contributed by atoms with van der Waals surface area (Å²) in [6, 6.07) is 5.14. The Kier molecular flexibility index (Phi) is 21.8. The monoisotopic (exact) mass is 912 g/mol. The van der Waals surface area contributed by atoms with Gasteiger partial charge < -0.3 is 33.1 Å². The van der Waals surface area contributed by atoms with E-state index in [1.54, 1.807) is 0 Å². The number of barbiturate groups is 1. The van der Waals surface area contributed by atoms with E-state index >= 15 is 0 Å². The van der Waals surface area contributed by atoms with Gasteiger partial charge in [0.15, 0.2) is 11.9 Å². The van der Waals surface area contributed by atoms with Gasteiger partial charge >= 0.3 is 30.3 Å². The van der Waals surface area contributed by atoms with E-state index in [0.29, 0.717) is 51.6 Å². The number of unbranched alkanes of at least 4 members (excludes halogenated alkanes) is 5. The van der Waals surface area contributed by atoms with E-state index in [-0.39, 0.29) is 31.4 Å². The normalized spacial score (nSPS) is 14.0. The minimum absolute atomic E-state index is 0.00565. The lowest BCUT2D eigenvalue weighted by Gasteiger charge is -2.44. The van der Waals surface area contributed by atoms with Crippen LogP contribution in [0.4, 0.5) is 31.1 Å². The highest BCUT2D eigenvalue weighted by Crippen LogP contribution is 2.39. The number of amides is 4. The first-order chi connectivity index (χ1) is 24.9. The predicted molar refractivity (Wildman–Crippen MR) is 193 cm³/mol. The average molecular weight is 915 g/mol. The van der Waals surface area contributed by atoms with Crippen LogP contribution in [0.15, 0.2) is 37.1 Å². The van der Waals surface area contributed by atoms with Crippen molar-refractivity contribution < 1.29 is 60.5 Å². The zero-order valence-electron chi connectivity index (χ0n) is 29.2. The number of aliphatic carboxylic acids is 2. The van der Waals surface area contributed by atoms with Crippen LogP contribution in [0.3, 0.4) is 0 Å². The van der Waals surface area contributed by atoms with Crippen LogP contribution in [0.5, 0.6) is 0 Å². The number of benzene rings is 1. The number of rotatable bonds is 17. The number of halogens is 8. The highest BCUT2D eigenvalue weighted by Gasteiger charge is 2.56. The summed E-state index contributed by atoms with van der Waals surface area (Å²) in [6.07, 6.45) is -3.80. The van der Waals surface area contributed by atoms with Crippen molar-refractivity contribution in [1.29, 1.82) is 0 Å². The maximum Gasteiger partial charge on any atom is 0.490 e. The Morgan fingerprint density at radius 3 is 1.43 bits per heavy atom. The number of hydrogen-bond acceptors (Lipinski definition) is 7. The number of nitrogens with zero attached hydrogens (tertiary/aromatic N) is 4. The highest BCUT2D eigenvalue weighted by molar-refractivity contribution is 9.11. The fourth-order valence-corrected chi connectivity index (χ4v) is 6.26. The summed E-state index contributed by atoms with van der Waals surface area (Å²) in [7, 11) is 0. The summed E-state index contributed by atoms with van der Waals surface area (Å²) in [5, 5.41) is 14.2. The molecule has 0 radical (unpaired) electrons. The van der Waals surface area contributed by atoms with Gasteiger partial charge in [-0.05, 0) is 62.3 Å². The van der Waals surface area contributed by atoms with Crippen LogP contribution < -0.4 is 22.9 Å². The molecule has 15 nitrogen and oxygen atoms in total. The van der Waals surface area contributed by atoms with Gasteiger partial charge in [-0.3, -0.25) is 29.4 Å². The van der Waals surface area contributed by atoms with Crippen molar-refractivity contribution in [2.75, 3.05) is 26.2 Å². The second-order valence-corrected chi connectivity index (χ2v) is 13.5. The molecule has 1 heterocycles.